The van der Waals surface area contributed by atoms with Crippen LogP contribution >= 0.6 is 23.2 Å². The van der Waals surface area contributed by atoms with Crippen LogP contribution in [0.2, 0.25) is 5.02 Å². The molecule has 3 nitrogen and oxygen atoms in total. The zero-order valence-electron chi connectivity index (χ0n) is 17.5. The number of rotatable bonds is 7. The fourth-order valence-corrected chi connectivity index (χ4v) is 5.68. The molecular weight excluding hydrogens is 487 g/mol. The molecule has 3 aromatic rings. The van der Waals surface area contributed by atoms with Crippen LogP contribution in [0.3, 0.4) is 0 Å². The van der Waals surface area contributed by atoms with Crippen LogP contribution < -0.4 is 0 Å². The third kappa shape index (κ3) is 6.01. The maximum Gasteiger partial charge on any atom is 0.175 e. The van der Waals surface area contributed by atoms with Gasteiger partial charge in [-0.05, 0) is 52.1 Å². The van der Waals surface area contributed by atoms with Crippen LogP contribution in [-0.2, 0) is 21.5 Å². The van der Waals surface area contributed by atoms with E-state index in [2.05, 4.69) is 4.90 Å². The molecule has 0 saturated carbocycles. The van der Waals surface area contributed by atoms with Crippen molar-refractivity contribution in [2.75, 3.05) is 13.1 Å². The summed E-state index contributed by atoms with van der Waals surface area (Å²) in [6.07, 6.45) is 0. The van der Waals surface area contributed by atoms with E-state index in [1.54, 1.807) is 0 Å². The second kappa shape index (κ2) is 9.94. The van der Waals surface area contributed by atoms with Gasteiger partial charge in [0.1, 0.15) is 11.6 Å². The van der Waals surface area contributed by atoms with E-state index in [-0.39, 0.29) is 11.6 Å². The first kappa shape index (κ1) is 23.9. The Bertz CT molecular complexity index is 1250. The molecule has 172 valence electrons. The molecule has 0 amide bonds. The summed E-state index contributed by atoms with van der Waals surface area (Å²) in [7, 11) is -3.68. The van der Waals surface area contributed by atoms with Crippen LogP contribution in [0.4, 0.5) is 8.78 Å². The lowest BCUT2D eigenvalue weighted by molar-refractivity contribution is 0.202. The lowest BCUT2D eigenvalue weighted by atomic mass is 9.93. The average Bonchev–Trinajstić information content (AvgIpc) is 2.72. The molecule has 1 aliphatic heterocycles. The lowest BCUT2D eigenvalue weighted by Crippen LogP contribution is -2.43. The fourth-order valence-electron chi connectivity index (χ4n) is 4.00. The topological polar surface area (TPSA) is 37.4 Å². The maximum atomic E-state index is 13.4. The molecule has 4 rings (SSSR count). The molecule has 0 aliphatic carbocycles. The first-order chi connectivity index (χ1) is 15.7. The Balaban J connectivity index is 1.53. The number of benzene rings is 3. The minimum Gasteiger partial charge on any atom is -0.284 e. The summed E-state index contributed by atoms with van der Waals surface area (Å²) in [6.45, 7) is 0.919. The molecule has 1 saturated heterocycles. The molecule has 1 heterocycles. The summed E-state index contributed by atoms with van der Waals surface area (Å²) in [5.74, 6) is -1.62. The van der Waals surface area contributed by atoms with E-state index < -0.39 is 27.2 Å². The van der Waals surface area contributed by atoms with E-state index in [9.17, 15) is 17.2 Å². The van der Waals surface area contributed by atoms with Gasteiger partial charge in [-0.3, -0.25) is 4.90 Å². The number of halogens is 4. The molecule has 1 fully saturated rings. The average molecular weight is 508 g/mol. The van der Waals surface area contributed by atoms with Gasteiger partial charge in [0.25, 0.3) is 0 Å². The van der Waals surface area contributed by atoms with Crippen LogP contribution in [-0.4, -0.2) is 26.4 Å². The van der Waals surface area contributed by atoms with Crippen molar-refractivity contribution in [2.45, 2.75) is 17.7 Å². The van der Waals surface area contributed by atoms with Gasteiger partial charge < -0.3 is 0 Å². The Kier molecular flexibility index (Phi) is 7.19. The van der Waals surface area contributed by atoms with Gasteiger partial charge in [0, 0.05) is 35.5 Å². The van der Waals surface area contributed by atoms with Gasteiger partial charge in [-0.2, -0.15) is 0 Å². The van der Waals surface area contributed by atoms with Crippen molar-refractivity contribution in [3.8, 4) is 0 Å². The van der Waals surface area contributed by atoms with E-state index in [0.29, 0.717) is 24.0 Å². The largest absolute Gasteiger partial charge is 0.284 e. The summed E-state index contributed by atoms with van der Waals surface area (Å²) < 4.78 is 52.0. The number of alkyl halides is 1. The number of likely N-dealkylation sites (tertiary alicyclic amines) is 1. The molecule has 0 N–H and O–H groups in total. The van der Waals surface area contributed by atoms with E-state index in [1.165, 1.54) is 5.41 Å². The second-order valence-electron chi connectivity index (χ2n) is 8.10. The van der Waals surface area contributed by atoms with Crippen molar-refractivity contribution < 1.29 is 17.2 Å². The summed E-state index contributed by atoms with van der Waals surface area (Å²) in [6, 6.07) is 18.3. The van der Waals surface area contributed by atoms with Crippen LogP contribution in [0.1, 0.15) is 28.3 Å². The number of hydrogen-bond acceptors (Lipinski definition) is 3. The molecule has 1 aliphatic rings. The lowest BCUT2D eigenvalue weighted by Gasteiger charge is -2.41. The normalized spacial score (nSPS) is 15.2. The summed E-state index contributed by atoms with van der Waals surface area (Å²) in [5.41, 5.74) is 3.93. The van der Waals surface area contributed by atoms with E-state index >= 15 is 0 Å². The van der Waals surface area contributed by atoms with Crippen molar-refractivity contribution in [1.82, 2.24) is 4.90 Å². The minimum atomic E-state index is -3.68. The molecule has 3 aromatic carbocycles. The van der Waals surface area contributed by atoms with Gasteiger partial charge in [-0.1, -0.05) is 48.0 Å². The van der Waals surface area contributed by atoms with Gasteiger partial charge in [-0.15, -0.1) is 11.6 Å². The van der Waals surface area contributed by atoms with Crippen molar-refractivity contribution in [3.05, 3.63) is 117 Å². The molecule has 1 unspecified atom stereocenters. The first-order valence-electron chi connectivity index (χ1n) is 10.2. The molecule has 0 aromatic heterocycles. The van der Waals surface area contributed by atoms with Crippen molar-refractivity contribution in [1.29, 1.82) is 0 Å². The molecule has 1 atom stereocenters. The molecular formula is C25H21Cl2F2NO2S. The third-order valence-corrected chi connectivity index (χ3v) is 7.44. The van der Waals surface area contributed by atoms with Crippen molar-refractivity contribution in [2.24, 2.45) is 0 Å². The Hall–Kier alpha value is -2.25. The maximum absolute atomic E-state index is 13.4. The molecule has 33 heavy (non-hydrogen) atoms. The van der Waals surface area contributed by atoms with Gasteiger partial charge in [0.05, 0.1) is 11.8 Å². The van der Waals surface area contributed by atoms with Gasteiger partial charge in [-0.25, -0.2) is 17.2 Å². The molecule has 0 spiro atoms. The molecule has 8 heteroatoms. The van der Waals surface area contributed by atoms with Crippen molar-refractivity contribution in [3.63, 3.8) is 0 Å². The Morgan fingerprint density at radius 2 is 1.42 bits per heavy atom. The number of nitrogens with zero attached hydrogens (tertiary/aromatic N) is 1. The van der Waals surface area contributed by atoms with Crippen LogP contribution in [0.5, 0.6) is 0 Å². The zero-order chi connectivity index (χ0) is 23.6. The second-order valence-corrected chi connectivity index (χ2v) is 10.6. The minimum absolute atomic E-state index is 0.0798. The quantitative estimate of drug-likeness (QED) is 0.354. The third-order valence-electron chi connectivity index (χ3n) is 5.45. The predicted molar refractivity (Wildman–Crippen MR) is 128 cm³/mol. The summed E-state index contributed by atoms with van der Waals surface area (Å²) in [4.78, 5) is 2.15. The van der Waals surface area contributed by atoms with Gasteiger partial charge in [0.2, 0.25) is 0 Å². The van der Waals surface area contributed by atoms with Crippen LogP contribution in [0.25, 0.3) is 0 Å². The number of sulfone groups is 1. The molecule has 0 radical (unpaired) electrons. The van der Waals surface area contributed by atoms with Crippen LogP contribution in [0, 0.1) is 11.6 Å². The van der Waals surface area contributed by atoms with E-state index in [4.69, 9.17) is 23.2 Å². The summed E-state index contributed by atoms with van der Waals surface area (Å²) in [5, 5.41) is 1.86. The highest BCUT2D eigenvalue weighted by molar-refractivity contribution is 7.93. The van der Waals surface area contributed by atoms with Crippen LogP contribution in [0.15, 0.2) is 77.7 Å². The first-order valence-corrected chi connectivity index (χ1v) is 12.9. The fraction of sp³-hybridized carbons (Fsp3) is 0.200. The zero-order valence-corrected chi connectivity index (χ0v) is 19.8. The van der Waals surface area contributed by atoms with Gasteiger partial charge >= 0.3 is 0 Å². The SMILES string of the molecule is O=S(=O)(C=C1CN(C(c2ccc(Cl)cc2)c2ccc(CCl)cc2)C1)Cc1cc(F)cc(F)c1. The Labute approximate surface area is 202 Å². The monoisotopic (exact) mass is 507 g/mol. The Morgan fingerprint density at radius 3 is 1.97 bits per heavy atom. The predicted octanol–water partition coefficient (Wildman–Crippen LogP) is 6.26. The van der Waals surface area contributed by atoms with Crippen molar-refractivity contribution >= 4 is 33.0 Å². The highest BCUT2D eigenvalue weighted by atomic mass is 35.5. The highest BCUT2D eigenvalue weighted by Crippen LogP contribution is 2.35. The number of hydrogen-bond donors (Lipinski definition) is 0. The summed E-state index contributed by atoms with van der Waals surface area (Å²) >= 11 is 12.0. The van der Waals surface area contributed by atoms with E-state index in [0.717, 1.165) is 40.5 Å². The van der Waals surface area contributed by atoms with Gasteiger partial charge in [0.15, 0.2) is 9.84 Å². The Morgan fingerprint density at radius 1 is 0.879 bits per heavy atom. The standard InChI is InChI=1S/C25H21Cl2F2NO2S/c26-12-17-1-3-20(4-2-17)25(21-5-7-22(27)8-6-21)30-13-19(14-30)16-33(31,32)15-18-9-23(28)11-24(29)10-18/h1-11,16,25H,12-15H2. The van der Waals surface area contributed by atoms with E-state index in [1.807, 2.05) is 48.5 Å². The highest BCUT2D eigenvalue weighted by Gasteiger charge is 2.31. The smallest absolute Gasteiger partial charge is 0.175 e. The molecule has 0 bridgehead atoms.